The molecule has 0 radical (unpaired) electrons. The van der Waals surface area contributed by atoms with Gasteiger partial charge < -0.3 is 10.2 Å². The SMILES string of the molecule is CC(=O)NCc1ccc(N2CCCC3(CCc4cnc(C)nc43)C2)nc1. The molecule has 136 valence electrons. The quantitative estimate of drug-likeness (QED) is 0.919. The Hall–Kier alpha value is -2.50. The van der Waals surface area contributed by atoms with E-state index in [1.54, 1.807) is 0 Å². The highest BCUT2D eigenvalue weighted by molar-refractivity contribution is 5.72. The fourth-order valence-electron chi connectivity index (χ4n) is 4.29. The molecule has 4 rings (SSSR count). The molecule has 1 fully saturated rings. The number of carbonyl (C=O) groups is 1. The van der Waals surface area contributed by atoms with Crippen LogP contribution in [0.3, 0.4) is 0 Å². The minimum absolute atomic E-state index is 0.0239. The maximum atomic E-state index is 11.0. The summed E-state index contributed by atoms with van der Waals surface area (Å²) in [7, 11) is 0. The second-order valence-corrected chi connectivity index (χ2v) is 7.53. The average molecular weight is 351 g/mol. The number of aromatic nitrogens is 3. The van der Waals surface area contributed by atoms with Crippen molar-refractivity contribution in [1.82, 2.24) is 20.3 Å². The molecule has 0 aromatic carbocycles. The molecular weight excluding hydrogens is 326 g/mol. The molecule has 1 saturated heterocycles. The maximum Gasteiger partial charge on any atom is 0.217 e. The Morgan fingerprint density at radius 1 is 1.27 bits per heavy atom. The van der Waals surface area contributed by atoms with Crippen LogP contribution in [-0.2, 0) is 23.2 Å². The number of pyridine rings is 1. The van der Waals surface area contributed by atoms with Gasteiger partial charge in [0.05, 0.1) is 5.69 Å². The van der Waals surface area contributed by atoms with Crippen molar-refractivity contribution >= 4 is 11.7 Å². The molecule has 1 amide bonds. The zero-order chi connectivity index (χ0) is 18.1. The monoisotopic (exact) mass is 351 g/mol. The van der Waals surface area contributed by atoms with Gasteiger partial charge in [0.1, 0.15) is 11.6 Å². The second kappa shape index (κ2) is 6.67. The number of amides is 1. The smallest absolute Gasteiger partial charge is 0.217 e. The molecule has 0 saturated carbocycles. The van der Waals surface area contributed by atoms with Crippen LogP contribution in [0.2, 0.25) is 0 Å². The zero-order valence-corrected chi connectivity index (χ0v) is 15.5. The minimum atomic E-state index is -0.0239. The van der Waals surface area contributed by atoms with E-state index in [-0.39, 0.29) is 11.3 Å². The third kappa shape index (κ3) is 3.16. The molecule has 1 N–H and O–H groups in total. The molecule has 2 aliphatic rings. The second-order valence-electron chi connectivity index (χ2n) is 7.53. The van der Waals surface area contributed by atoms with Crippen molar-refractivity contribution in [2.45, 2.75) is 51.5 Å². The highest BCUT2D eigenvalue weighted by Crippen LogP contribution is 2.44. The van der Waals surface area contributed by atoms with Gasteiger partial charge >= 0.3 is 0 Å². The highest BCUT2D eigenvalue weighted by atomic mass is 16.1. The molecule has 1 unspecified atom stereocenters. The molecule has 1 spiro atoms. The number of hydrogen-bond donors (Lipinski definition) is 1. The standard InChI is InChI=1S/C20H25N5O/c1-14-21-12-17-6-8-20(19(17)24-14)7-3-9-25(13-20)18-5-4-16(11-23-18)10-22-15(2)26/h4-5,11-12H,3,6-10,13H2,1-2H3,(H,22,26). The number of anilines is 1. The van der Waals surface area contributed by atoms with Gasteiger partial charge in [-0.2, -0.15) is 0 Å². The summed E-state index contributed by atoms with van der Waals surface area (Å²) in [5.74, 6) is 1.85. The Morgan fingerprint density at radius 2 is 2.15 bits per heavy atom. The van der Waals surface area contributed by atoms with Gasteiger partial charge in [-0.15, -0.1) is 0 Å². The van der Waals surface area contributed by atoms with Crippen molar-refractivity contribution < 1.29 is 4.79 Å². The average Bonchev–Trinajstić information content (AvgIpc) is 2.98. The summed E-state index contributed by atoms with van der Waals surface area (Å²) in [5.41, 5.74) is 3.73. The molecule has 0 bridgehead atoms. The van der Waals surface area contributed by atoms with Crippen LogP contribution in [0.4, 0.5) is 5.82 Å². The molecule has 26 heavy (non-hydrogen) atoms. The van der Waals surface area contributed by atoms with E-state index in [2.05, 4.69) is 32.3 Å². The Bertz CT molecular complexity index is 815. The number of hydrogen-bond acceptors (Lipinski definition) is 5. The number of rotatable bonds is 3. The number of aryl methyl sites for hydroxylation is 2. The van der Waals surface area contributed by atoms with Gasteiger partial charge in [-0.05, 0) is 49.8 Å². The van der Waals surface area contributed by atoms with Crippen molar-refractivity contribution in [2.24, 2.45) is 0 Å². The predicted molar refractivity (Wildman–Crippen MR) is 100.0 cm³/mol. The molecule has 1 aliphatic carbocycles. The lowest BCUT2D eigenvalue weighted by Crippen LogP contribution is -2.45. The lowest BCUT2D eigenvalue weighted by atomic mass is 9.77. The third-order valence-corrected chi connectivity index (χ3v) is 5.61. The summed E-state index contributed by atoms with van der Waals surface area (Å²) in [4.78, 5) is 27.3. The summed E-state index contributed by atoms with van der Waals surface area (Å²) < 4.78 is 0. The van der Waals surface area contributed by atoms with E-state index in [9.17, 15) is 4.79 Å². The summed E-state index contributed by atoms with van der Waals surface area (Å²) in [6, 6.07) is 4.12. The fourth-order valence-corrected chi connectivity index (χ4v) is 4.29. The van der Waals surface area contributed by atoms with Gasteiger partial charge in [0.25, 0.3) is 0 Å². The Kier molecular flexibility index (Phi) is 4.34. The summed E-state index contributed by atoms with van der Waals surface area (Å²) >= 11 is 0. The summed E-state index contributed by atoms with van der Waals surface area (Å²) in [6.45, 7) is 6.02. The van der Waals surface area contributed by atoms with Crippen LogP contribution < -0.4 is 10.2 Å². The number of carbonyl (C=O) groups excluding carboxylic acids is 1. The van der Waals surface area contributed by atoms with Crippen LogP contribution >= 0.6 is 0 Å². The van der Waals surface area contributed by atoms with E-state index in [1.807, 2.05) is 19.3 Å². The maximum absolute atomic E-state index is 11.0. The molecule has 6 heteroatoms. The van der Waals surface area contributed by atoms with E-state index in [4.69, 9.17) is 4.98 Å². The van der Waals surface area contributed by atoms with Crippen LogP contribution in [0.15, 0.2) is 24.5 Å². The van der Waals surface area contributed by atoms with Crippen molar-refractivity contribution in [3.63, 3.8) is 0 Å². The van der Waals surface area contributed by atoms with Crippen LogP contribution in [0.25, 0.3) is 0 Å². The van der Waals surface area contributed by atoms with Gasteiger partial charge in [0.15, 0.2) is 0 Å². The lowest BCUT2D eigenvalue weighted by Gasteiger charge is -2.41. The Morgan fingerprint density at radius 3 is 2.92 bits per heavy atom. The van der Waals surface area contributed by atoms with Gasteiger partial charge in [0, 0.05) is 44.4 Å². The topological polar surface area (TPSA) is 71.0 Å². The lowest BCUT2D eigenvalue weighted by molar-refractivity contribution is -0.119. The Balaban J connectivity index is 1.53. The first-order valence-electron chi connectivity index (χ1n) is 9.33. The summed E-state index contributed by atoms with van der Waals surface area (Å²) in [5, 5.41) is 2.81. The highest BCUT2D eigenvalue weighted by Gasteiger charge is 2.43. The van der Waals surface area contributed by atoms with Crippen molar-refractivity contribution in [3.05, 3.63) is 47.2 Å². The Labute approximate surface area is 154 Å². The third-order valence-electron chi connectivity index (χ3n) is 5.61. The van der Waals surface area contributed by atoms with E-state index in [0.29, 0.717) is 6.54 Å². The normalized spacial score (nSPS) is 21.7. The van der Waals surface area contributed by atoms with Gasteiger partial charge in [0.2, 0.25) is 5.91 Å². The first-order valence-corrected chi connectivity index (χ1v) is 9.33. The van der Waals surface area contributed by atoms with Crippen LogP contribution in [0.5, 0.6) is 0 Å². The molecular formula is C20H25N5O. The molecule has 6 nitrogen and oxygen atoms in total. The fraction of sp³-hybridized carbons (Fsp3) is 0.500. The van der Waals surface area contributed by atoms with Gasteiger partial charge in [-0.25, -0.2) is 15.0 Å². The number of fused-ring (bicyclic) bond motifs is 2. The first-order chi connectivity index (χ1) is 12.6. The van der Waals surface area contributed by atoms with Crippen molar-refractivity contribution in [3.8, 4) is 0 Å². The molecule has 2 aromatic heterocycles. The molecule has 1 atom stereocenters. The number of nitrogens with one attached hydrogen (secondary N) is 1. The minimum Gasteiger partial charge on any atom is -0.356 e. The van der Waals surface area contributed by atoms with E-state index in [1.165, 1.54) is 24.6 Å². The van der Waals surface area contributed by atoms with Gasteiger partial charge in [-0.3, -0.25) is 4.79 Å². The van der Waals surface area contributed by atoms with E-state index < -0.39 is 0 Å². The molecule has 3 heterocycles. The number of piperidine rings is 1. The molecule has 1 aliphatic heterocycles. The van der Waals surface area contributed by atoms with E-state index in [0.717, 1.165) is 49.6 Å². The van der Waals surface area contributed by atoms with Crippen LogP contribution in [-0.4, -0.2) is 33.9 Å². The zero-order valence-electron chi connectivity index (χ0n) is 15.5. The first kappa shape index (κ1) is 16.9. The molecule has 2 aromatic rings. The summed E-state index contributed by atoms with van der Waals surface area (Å²) in [6.07, 6.45) is 8.44. The van der Waals surface area contributed by atoms with E-state index >= 15 is 0 Å². The van der Waals surface area contributed by atoms with Crippen LogP contribution in [0, 0.1) is 6.92 Å². The predicted octanol–water partition coefficient (Wildman–Crippen LogP) is 2.30. The van der Waals surface area contributed by atoms with Crippen LogP contribution in [0.1, 0.15) is 48.8 Å². The van der Waals surface area contributed by atoms with Crippen molar-refractivity contribution in [2.75, 3.05) is 18.0 Å². The van der Waals surface area contributed by atoms with Gasteiger partial charge in [-0.1, -0.05) is 6.07 Å². The largest absolute Gasteiger partial charge is 0.356 e. The number of nitrogens with zero attached hydrogens (tertiary/aromatic N) is 4. The van der Waals surface area contributed by atoms with Crippen molar-refractivity contribution in [1.29, 1.82) is 0 Å².